The molecule has 0 aliphatic heterocycles. The van der Waals surface area contributed by atoms with E-state index in [9.17, 15) is 8.78 Å². The van der Waals surface area contributed by atoms with Crippen LogP contribution in [0.25, 0.3) is 5.52 Å². The molecular formula is C9H7BrF2N2O. The molecule has 0 amide bonds. The average Bonchev–Trinajstić information content (AvgIpc) is 2.59. The molecule has 0 aliphatic carbocycles. The van der Waals surface area contributed by atoms with E-state index in [1.165, 1.54) is 11.6 Å². The maximum atomic E-state index is 12.6. The molecule has 2 heterocycles. The van der Waals surface area contributed by atoms with Crippen molar-refractivity contribution in [3.63, 3.8) is 0 Å². The van der Waals surface area contributed by atoms with E-state index >= 15 is 0 Å². The first-order chi connectivity index (χ1) is 7.13. The SMILES string of the molecule is COc1cc(Br)cn2ncc(C(F)F)c12. The second-order valence-electron chi connectivity index (χ2n) is 2.92. The summed E-state index contributed by atoms with van der Waals surface area (Å²) in [6.07, 6.45) is 0.191. The van der Waals surface area contributed by atoms with Crippen LogP contribution in [0, 0.1) is 0 Å². The molecule has 2 aromatic rings. The Bertz CT molecular complexity index is 498. The van der Waals surface area contributed by atoms with Crippen molar-refractivity contribution in [1.82, 2.24) is 9.61 Å². The summed E-state index contributed by atoms with van der Waals surface area (Å²) in [5.41, 5.74) is 0.176. The van der Waals surface area contributed by atoms with Crippen LogP contribution < -0.4 is 4.74 Å². The van der Waals surface area contributed by atoms with Crippen molar-refractivity contribution in [3.05, 3.63) is 28.5 Å². The third-order valence-electron chi connectivity index (χ3n) is 2.03. The Kier molecular flexibility index (Phi) is 2.60. The van der Waals surface area contributed by atoms with Crippen molar-refractivity contribution in [2.45, 2.75) is 6.43 Å². The van der Waals surface area contributed by atoms with Gasteiger partial charge in [0.2, 0.25) is 0 Å². The molecule has 80 valence electrons. The summed E-state index contributed by atoms with van der Waals surface area (Å²) in [7, 11) is 1.43. The monoisotopic (exact) mass is 276 g/mol. The lowest BCUT2D eigenvalue weighted by atomic mass is 10.2. The number of alkyl halides is 2. The summed E-state index contributed by atoms with van der Waals surface area (Å²) < 4.78 is 32.4. The Labute approximate surface area is 92.8 Å². The van der Waals surface area contributed by atoms with Crippen molar-refractivity contribution in [3.8, 4) is 5.75 Å². The van der Waals surface area contributed by atoms with Gasteiger partial charge in [0.05, 0.1) is 18.9 Å². The molecule has 2 rings (SSSR count). The summed E-state index contributed by atoms with van der Waals surface area (Å²) in [5, 5.41) is 3.84. The Hall–Kier alpha value is -1.17. The van der Waals surface area contributed by atoms with Crippen LogP contribution in [0.2, 0.25) is 0 Å². The number of halogens is 3. The molecule has 15 heavy (non-hydrogen) atoms. The quantitative estimate of drug-likeness (QED) is 0.843. The second-order valence-corrected chi connectivity index (χ2v) is 3.84. The average molecular weight is 277 g/mol. The predicted molar refractivity (Wildman–Crippen MR) is 54.4 cm³/mol. The highest BCUT2D eigenvalue weighted by molar-refractivity contribution is 9.10. The van der Waals surface area contributed by atoms with Crippen LogP contribution in [0.15, 0.2) is 22.9 Å². The Morgan fingerprint density at radius 1 is 1.53 bits per heavy atom. The van der Waals surface area contributed by atoms with E-state index in [4.69, 9.17) is 4.74 Å². The molecule has 0 spiro atoms. The largest absolute Gasteiger partial charge is 0.494 e. The van der Waals surface area contributed by atoms with E-state index in [2.05, 4.69) is 21.0 Å². The number of aromatic nitrogens is 2. The highest BCUT2D eigenvalue weighted by atomic mass is 79.9. The van der Waals surface area contributed by atoms with Gasteiger partial charge in [-0.15, -0.1) is 0 Å². The lowest BCUT2D eigenvalue weighted by Crippen LogP contribution is -1.93. The number of fused-ring (bicyclic) bond motifs is 1. The molecule has 6 heteroatoms. The lowest BCUT2D eigenvalue weighted by Gasteiger charge is -2.05. The van der Waals surface area contributed by atoms with Gasteiger partial charge in [0, 0.05) is 10.7 Å². The van der Waals surface area contributed by atoms with E-state index in [0.717, 1.165) is 10.7 Å². The van der Waals surface area contributed by atoms with E-state index in [1.54, 1.807) is 12.3 Å². The van der Waals surface area contributed by atoms with Crippen LogP contribution in [0.1, 0.15) is 12.0 Å². The Morgan fingerprint density at radius 2 is 2.27 bits per heavy atom. The summed E-state index contributed by atoms with van der Waals surface area (Å²) in [6.45, 7) is 0. The van der Waals surface area contributed by atoms with Crippen molar-refractivity contribution in [2.24, 2.45) is 0 Å². The van der Waals surface area contributed by atoms with Gasteiger partial charge in [0.1, 0.15) is 11.3 Å². The van der Waals surface area contributed by atoms with Crippen LogP contribution in [-0.4, -0.2) is 16.7 Å². The molecule has 0 atom stereocenters. The molecule has 0 radical (unpaired) electrons. The van der Waals surface area contributed by atoms with E-state index in [1.807, 2.05) is 0 Å². The van der Waals surface area contributed by atoms with Gasteiger partial charge in [-0.3, -0.25) is 0 Å². The number of pyridine rings is 1. The first kappa shape index (κ1) is 10.4. The zero-order valence-electron chi connectivity index (χ0n) is 7.75. The Morgan fingerprint density at radius 3 is 2.87 bits per heavy atom. The zero-order chi connectivity index (χ0) is 11.0. The van der Waals surface area contributed by atoms with Gasteiger partial charge < -0.3 is 4.74 Å². The van der Waals surface area contributed by atoms with Gasteiger partial charge in [0.15, 0.2) is 0 Å². The molecule has 2 aromatic heterocycles. The number of hydrogen-bond acceptors (Lipinski definition) is 2. The predicted octanol–water partition coefficient (Wildman–Crippen LogP) is 3.04. The molecule has 0 aromatic carbocycles. The molecule has 0 N–H and O–H groups in total. The van der Waals surface area contributed by atoms with Crippen molar-refractivity contribution in [2.75, 3.05) is 7.11 Å². The van der Waals surface area contributed by atoms with Crippen LogP contribution in [0.3, 0.4) is 0 Å². The maximum Gasteiger partial charge on any atom is 0.267 e. The minimum Gasteiger partial charge on any atom is -0.494 e. The minimum atomic E-state index is -2.56. The van der Waals surface area contributed by atoms with Gasteiger partial charge in [-0.1, -0.05) is 0 Å². The van der Waals surface area contributed by atoms with E-state index in [0.29, 0.717) is 11.3 Å². The van der Waals surface area contributed by atoms with Gasteiger partial charge in [-0.25, -0.2) is 13.3 Å². The van der Waals surface area contributed by atoms with Crippen LogP contribution >= 0.6 is 15.9 Å². The van der Waals surface area contributed by atoms with E-state index < -0.39 is 6.43 Å². The topological polar surface area (TPSA) is 26.5 Å². The third-order valence-corrected chi connectivity index (χ3v) is 2.46. The first-order valence-electron chi connectivity index (χ1n) is 4.12. The standard InChI is InChI=1S/C9H7BrF2N2O/c1-15-7-2-5(10)4-14-8(7)6(3-13-14)9(11)12/h2-4,9H,1H3. The number of methoxy groups -OCH3 is 1. The summed E-state index contributed by atoms with van der Waals surface area (Å²) in [5.74, 6) is 0.372. The first-order valence-corrected chi connectivity index (χ1v) is 4.91. The lowest BCUT2D eigenvalue weighted by molar-refractivity contribution is 0.153. The van der Waals surface area contributed by atoms with Crippen molar-refractivity contribution in [1.29, 1.82) is 0 Å². The molecular weight excluding hydrogens is 270 g/mol. The normalized spacial score (nSPS) is 11.3. The third kappa shape index (κ3) is 1.69. The van der Waals surface area contributed by atoms with Gasteiger partial charge in [0.25, 0.3) is 6.43 Å². The molecule has 0 bridgehead atoms. The summed E-state index contributed by atoms with van der Waals surface area (Å²) >= 11 is 3.24. The highest BCUT2D eigenvalue weighted by Gasteiger charge is 2.17. The van der Waals surface area contributed by atoms with Crippen LogP contribution in [0.5, 0.6) is 5.75 Å². The fourth-order valence-electron chi connectivity index (χ4n) is 1.39. The molecule has 0 fully saturated rings. The number of hydrogen-bond donors (Lipinski definition) is 0. The molecule has 0 saturated heterocycles. The number of ether oxygens (including phenoxy) is 1. The van der Waals surface area contributed by atoms with Gasteiger partial charge in [-0.2, -0.15) is 5.10 Å². The molecule has 0 unspecified atom stereocenters. The highest BCUT2D eigenvalue weighted by Crippen LogP contribution is 2.32. The molecule has 3 nitrogen and oxygen atoms in total. The second kappa shape index (κ2) is 3.77. The van der Waals surface area contributed by atoms with Crippen molar-refractivity contribution < 1.29 is 13.5 Å². The van der Waals surface area contributed by atoms with Gasteiger partial charge >= 0.3 is 0 Å². The molecule has 0 aliphatic rings. The minimum absolute atomic E-state index is 0.126. The van der Waals surface area contributed by atoms with Crippen molar-refractivity contribution >= 4 is 21.4 Å². The zero-order valence-corrected chi connectivity index (χ0v) is 9.33. The number of rotatable bonds is 2. The fraction of sp³-hybridized carbons (Fsp3) is 0.222. The molecule has 0 saturated carbocycles. The van der Waals surface area contributed by atoms with Crippen LogP contribution in [-0.2, 0) is 0 Å². The van der Waals surface area contributed by atoms with E-state index in [-0.39, 0.29) is 5.56 Å². The smallest absolute Gasteiger partial charge is 0.267 e. The maximum absolute atomic E-state index is 12.6. The van der Waals surface area contributed by atoms with Gasteiger partial charge in [-0.05, 0) is 22.0 Å². The number of nitrogens with zero attached hydrogens (tertiary/aromatic N) is 2. The fourth-order valence-corrected chi connectivity index (χ4v) is 1.79. The van der Waals surface area contributed by atoms with Crippen LogP contribution in [0.4, 0.5) is 8.78 Å². The summed E-state index contributed by atoms with van der Waals surface area (Å²) in [4.78, 5) is 0. The Balaban J connectivity index is 2.77. The summed E-state index contributed by atoms with van der Waals surface area (Å²) in [6, 6.07) is 1.63.